The van der Waals surface area contributed by atoms with Crippen molar-refractivity contribution in [2.45, 2.75) is 13.1 Å². The van der Waals surface area contributed by atoms with Gasteiger partial charge in [0.1, 0.15) is 0 Å². The van der Waals surface area contributed by atoms with E-state index in [-0.39, 0.29) is 5.69 Å². The molecule has 2 heterocycles. The predicted octanol–water partition coefficient (Wildman–Crippen LogP) is -0.0685. The van der Waals surface area contributed by atoms with Crippen molar-refractivity contribution in [1.29, 1.82) is 0 Å². The Morgan fingerprint density at radius 3 is 3.00 bits per heavy atom. The number of hydrazine groups is 1. The Morgan fingerprint density at radius 2 is 2.15 bits per heavy atom. The summed E-state index contributed by atoms with van der Waals surface area (Å²) in [6.07, 6.45) is 3.37. The maximum Gasteiger partial charge on any atom is 0.287 e. The zero-order valence-corrected chi connectivity index (χ0v) is 10.6. The first-order valence-electron chi connectivity index (χ1n) is 6.09. The molecule has 0 fully saturated rings. The minimum absolute atomic E-state index is 0.192. The average Bonchev–Trinajstić information content (AvgIpc) is 3.11. The van der Waals surface area contributed by atoms with Gasteiger partial charge in [0.15, 0.2) is 5.69 Å². The molecule has 0 spiro atoms. The molecule has 102 valence electrons. The summed E-state index contributed by atoms with van der Waals surface area (Å²) in [7, 11) is 0. The van der Waals surface area contributed by atoms with Gasteiger partial charge in [0.25, 0.3) is 5.91 Å². The normalized spacial score (nSPS) is 10.8. The van der Waals surface area contributed by atoms with Crippen molar-refractivity contribution in [2.75, 3.05) is 0 Å². The molecule has 0 radical (unpaired) electrons. The summed E-state index contributed by atoms with van der Waals surface area (Å²) in [6, 6.07) is 7.97. The van der Waals surface area contributed by atoms with Crippen molar-refractivity contribution in [3.63, 3.8) is 0 Å². The van der Waals surface area contributed by atoms with Crippen LogP contribution in [0.15, 0.2) is 36.7 Å². The van der Waals surface area contributed by atoms with Gasteiger partial charge in [-0.3, -0.25) is 14.9 Å². The van der Waals surface area contributed by atoms with E-state index >= 15 is 0 Å². The van der Waals surface area contributed by atoms with Crippen LogP contribution >= 0.6 is 0 Å². The highest BCUT2D eigenvalue weighted by Gasteiger charge is 2.09. The van der Waals surface area contributed by atoms with Gasteiger partial charge >= 0.3 is 0 Å². The van der Waals surface area contributed by atoms with Gasteiger partial charge in [-0.1, -0.05) is 23.4 Å². The third-order valence-electron chi connectivity index (χ3n) is 2.99. The van der Waals surface area contributed by atoms with Crippen molar-refractivity contribution in [1.82, 2.24) is 30.2 Å². The number of rotatable bonds is 4. The standard InChI is InChI=1S/C12H13N7O/c13-15-12(20)10-8-18(17-16-10)5-6-19-11-4-2-1-3-9(11)7-14-19/h1-4,7-8H,5-6,13H2,(H,15,20). The second-order valence-corrected chi connectivity index (χ2v) is 4.27. The number of nitrogens with one attached hydrogen (secondary N) is 1. The number of carbonyl (C=O) groups is 1. The lowest BCUT2D eigenvalue weighted by Crippen LogP contribution is -2.30. The molecule has 8 heteroatoms. The van der Waals surface area contributed by atoms with Crippen LogP contribution < -0.4 is 11.3 Å². The van der Waals surface area contributed by atoms with E-state index in [2.05, 4.69) is 15.4 Å². The second-order valence-electron chi connectivity index (χ2n) is 4.27. The van der Waals surface area contributed by atoms with Gasteiger partial charge in [-0.15, -0.1) is 5.10 Å². The molecule has 1 aromatic carbocycles. The first kappa shape index (κ1) is 12.3. The summed E-state index contributed by atoms with van der Waals surface area (Å²) in [5.41, 5.74) is 3.27. The van der Waals surface area contributed by atoms with E-state index < -0.39 is 5.91 Å². The molecular weight excluding hydrogens is 258 g/mol. The van der Waals surface area contributed by atoms with E-state index in [0.717, 1.165) is 10.9 Å². The van der Waals surface area contributed by atoms with Crippen LogP contribution in [0, 0.1) is 0 Å². The summed E-state index contributed by atoms with van der Waals surface area (Å²) < 4.78 is 3.47. The lowest BCUT2D eigenvalue weighted by molar-refractivity contribution is 0.0948. The van der Waals surface area contributed by atoms with Gasteiger partial charge in [-0.25, -0.2) is 10.5 Å². The zero-order valence-electron chi connectivity index (χ0n) is 10.6. The van der Waals surface area contributed by atoms with E-state index in [1.54, 1.807) is 10.9 Å². The molecule has 1 amide bonds. The molecule has 0 aliphatic heterocycles. The molecule has 0 bridgehead atoms. The monoisotopic (exact) mass is 271 g/mol. The van der Waals surface area contributed by atoms with Crippen molar-refractivity contribution >= 4 is 16.8 Å². The smallest absolute Gasteiger partial charge is 0.287 e. The number of amides is 1. The third kappa shape index (κ3) is 2.24. The molecule has 3 N–H and O–H groups in total. The van der Waals surface area contributed by atoms with Crippen LogP contribution in [0.1, 0.15) is 10.5 Å². The van der Waals surface area contributed by atoms with Crippen LogP contribution in [0.2, 0.25) is 0 Å². The summed E-state index contributed by atoms with van der Waals surface area (Å²) in [5.74, 6) is 4.58. The molecular formula is C12H13N7O. The largest absolute Gasteiger partial charge is 0.289 e. The number of aryl methyl sites for hydroxylation is 2. The maximum atomic E-state index is 11.3. The molecule has 3 aromatic rings. The van der Waals surface area contributed by atoms with E-state index in [1.807, 2.05) is 40.6 Å². The van der Waals surface area contributed by atoms with Crippen LogP contribution in [0.5, 0.6) is 0 Å². The number of carbonyl (C=O) groups excluding carboxylic acids is 1. The first-order valence-corrected chi connectivity index (χ1v) is 6.09. The van der Waals surface area contributed by atoms with Gasteiger partial charge in [-0.05, 0) is 6.07 Å². The minimum atomic E-state index is -0.458. The van der Waals surface area contributed by atoms with E-state index in [0.29, 0.717) is 13.1 Å². The number of benzene rings is 1. The van der Waals surface area contributed by atoms with Crippen LogP contribution in [0.4, 0.5) is 0 Å². The Labute approximate surface area is 114 Å². The maximum absolute atomic E-state index is 11.3. The highest BCUT2D eigenvalue weighted by Crippen LogP contribution is 2.12. The summed E-state index contributed by atoms with van der Waals surface area (Å²) in [5, 5.41) is 13.0. The quantitative estimate of drug-likeness (QED) is 0.393. The summed E-state index contributed by atoms with van der Waals surface area (Å²) in [6.45, 7) is 1.21. The van der Waals surface area contributed by atoms with Crippen molar-refractivity contribution < 1.29 is 4.79 Å². The molecule has 0 unspecified atom stereocenters. The topological polar surface area (TPSA) is 104 Å². The van der Waals surface area contributed by atoms with Gasteiger partial charge < -0.3 is 0 Å². The van der Waals surface area contributed by atoms with E-state index in [4.69, 9.17) is 5.84 Å². The second kappa shape index (κ2) is 5.10. The van der Waals surface area contributed by atoms with Gasteiger partial charge in [0.2, 0.25) is 0 Å². The van der Waals surface area contributed by atoms with Crippen LogP contribution in [0.3, 0.4) is 0 Å². The van der Waals surface area contributed by atoms with Crippen LogP contribution in [-0.4, -0.2) is 30.7 Å². The summed E-state index contributed by atoms with van der Waals surface area (Å²) in [4.78, 5) is 11.3. The fraction of sp³-hybridized carbons (Fsp3) is 0.167. The lowest BCUT2D eigenvalue weighted by Gasteiger charge is -2.03. The van der Waals surface area contributed by atoms with Crippen molar-refractivity contribution in [3.05, 3.63) is 42.4 Å². The fourth-order valence-electron chi connectivity index (χ4n) is 1.99. The number of nitrogen functional groups attached to an aromatic ring is 1. The average molecular weight is 271 g/mol. The molecule has 20 heavy (non-hydrogen) atoms. The lowest BCUT2D eigenvalue weighted by atomic mass is 10.3. The van der Waals surface area contributed by atoms with Gasteiger partial charge in [-0.2, -0.15) is 5.10 Å². The number of nitrogens with two attached hydrogens (primary N) is 1. The summed E-state index contributed by atoms with van der Waals surface area (Å²) >= 11 is 0. The van der Waals surface area contributed by atoms with E-state index in [1.165, 1.54) is 0 Å². The number of aromatic nitrogens is 5. The zero-order chi connectivity index (χ0) is 13.9. The Morgan fingerprint density at radius 1 is 1.30 bits per heavy atom. The molecule has 0 aliphatic carbocycles. The van der Waals surface area contributed by atoms with Crippen LogP contribution in [0.25, 0.3) is 10.9 Å². The van der Waals surface area contributed by atoms with E-state index in [9.17, 15) is 4.79 Å². The van der Waals surface area contributed by atoms with Crippen molar-refractivity contribution in [3.8, 4) is 0 Å². The Hall–Kier alpha value is -2.74. The minimum Gasteiger partial charge on any atom is -0.289 e. The molecule has 3 rings (SSSR count). The number of hydrogen-bond donors (Lipinski definition) is 2. The molecule has 0 saturated carbocycles. The SMILES string of the molecule is NNC(=O)c1cn(CCn2ncc3ccccc32)nn1. The highest BCUT2D eigenvalue weighted by molar-refractivity contribution is 5.91. The molecule has 0 saturated heterocycles. The highest BCUT2D eigenvalue weighted by atomic mass is 16.2. The number of nitrogens with zero attached hydrogens (tertiary/aromatic N) is 5. The Kier molecular flexibility index (Phi) is 3.13. The number of fused-ring (bicyclic) bond motifs is 1. The molecule has 0 aliphatic rings. The number of para-hydroxylation sites is 1. The number of hydrogen-bond acceptors (Lipinski definition) is 5. The Balaban J connectivity index is 1.73. The molecule has 0 atom stereocenters. The third-order valence-corrected chi connectivity index (χ3v) is 2.99. The fourth-order valence-corrected chi connectivity index (χ4v) is 1.99. The van der Waals surface area contributed by atoms with Gasteiger partial charge in [0, 0.05) is 5.39 Å². The van der Waals surface area contributed by atoms with Gasteiger partial charge in [0.05, 0.1) is 31.0 Å². The molecule has 2 aromatic heterocycles. The van der Waals surface area contributed by atoms with Crippen LogP contribution in [-0.2, 0) is 13.1 Å². The Bertz CT molecular complexity index is 745. The predicted molar refractivity (Wildman–Crippen MR) is 71.4 cm³/mol. The van der Waals surface area contributed by atoms with Crippen molar-refractivity contribution in [2.24, 2.45) is 5.84 Å². The molecule has 8 nitrogen and oxygen atoms in total. The first-order chi connectivity index (χ1) is 9.78.